The summed E-state index contributed by atoms with van der Waals surface area (Å²) in [6.07, 6.45) is 11.9. The Bertz CT molecular complexity index is 751. The molecule has 6 heteroatoms. The average molecular weight is 423 g/mol. The van der Waals surface area contributed by atoms with Crippen molar-refractivity contribution in [1.29, 1.82) is 0 Å². The second-order valence-corrected chi connectivity index (χ2v) is 7.80. The molecule has 0 saturated heterocycles. The molecule has 1 heterocycles. The van der Waals surface area contributed by atoms with Gasteiger partial charge >= 0.3 is 0 Å². The molecule has 0 saturated carbocycles. The topological polar surface area (TPSA) is 35.0 Å². The molecule has 2 rings (SSSR count). The Hall–Kier alpha value is -2.11. The number of unbranched alkanes of at least 4 members (excludes halogenated alkanes) is 6. The predicted molar refractivity (Wildman–Crippen MR) is 114 cm³/mol. The summed E-state index contributed by atoms with van der Waals surface area (Å²) in [7, 11) is 0. The van der Waals surface area contributed by atoms with Crippen LogP contribution in [-0.2, 0) is 6.42 Å². The molecular formula is C24H33F3N2O. The first-order chi connectivity index (χ1) is 14.5. The Morgan fingerprint density at radius 3 is 2.30 bits per heavy atom. The lowest BCUT2D eigenvalue weighted by Gasteiger charge is -2.10. The summed E-state index contributed by atoms with van der Waals surface area (Å²) in [5.41, 5.74) is 0.905. The summed E-state index contributed by atoms with van der Waals surface area (Å²) < 4.78 is 47.1. The number of alkyl halides is 1. The van der Waals surface area contributed by atoms with E-state index >= 15 is 0 Å². The molecule has 0 radical (unpaired) electrons. The van der Waals surface area contributed by atoms with E-state index in [1.165, 1.54) is 31.4 Å². The van der Waals surface area contributed by atoms with Crippen LogP contribution in [0.4, 0.5) is 13.2 Å². The van der Waals surface area contributed by atoms with E-state index < -0.39 is 17.8 Å². The zero-order valence-electron chi connectivity index (χ0n) is 18.1. The lowest BCUT2D eigenvalue weighted by molar-refractivity contribution is 0.285. The number of rotatable bonds is 14. The second-order valence-electron chi connectivity index (χ2n) is 7.80. The third kappa shape index (κ3) is 7.96. The van der Waals surface area contributed by atoms with Gasteiger partial charge in [0.15, 0.2) is 17.4 Å². The molecular weight excluding hydrogens is 389 g/mol. The van der Waals surface area contributed by atoms with Gasteiger partial charge in [-0.3, -0.25) is 0 Å². The number of ether oxygens (including phenoxy) is 1. The highest BCUT2D eigenvalue weighted by Crippen LogP contribution is 2.28. The molecule has 0 spiro atoms. The largest absolute Gasteiger partial charge is 0.490 e. The summed E-state index contributed by atoms with van der Waals surface area (Å²) in [5.74, 6) is -1.95. The Labute approximate surface area is 178 Å². The fourth-order valence-corrected chi connectivity index (χ4v) is 3.26. The van der Waals surface area contributed by atoms with Crippen molar-refractivity contribution in [3.05, 3.63) is 41.7 Å². The van der Waals surface area contributed by atoms with Crippen LogP contribution in [0.3, 0.4) is 0 Å². The van der Waals surface area contributed by atoms with Gasteiger partial charge in [0.2, 0.25) is 5.82 Å². The van der Waals surface area contributed by atoms with Crippen LogP contribution < -0.4 is 4.74 Å². The van der Waals surface area contributed by atoms with Gasteiger partial charge in [0.1, 0.15) is 0 Å². The van der Waals surface area contributed by atoms with Crippen molar-refractivity contribution in [1.82, 2.24) is 9.97 Å². The van der Waals surface area contributed by atoms with Crippen molar-refractivity contribution in [3.8, 4) is 17.1 Å². The number of hydrogen-bond acceptors (Lipinski definition) is 3. The molecule has 0 aliphatic rings. The van der Waals surface area contributed by atoms with Crippen molar-refractivity contribution in [2.75, 3.05) is 6.61 Å². The molecule has 1 aromatic carbocycles. The average Bonchev–Trinajstić information content (AvgIpc) is 2.74. The number of aryl methyl sites for hydroxylation is 1. The molecule has 0 N–H and O–H groups in total. The van der Waals surface area contributed by atoms with E-state index in [4.69, 9.17) is 4.74 Å². The van der Waals surface area contributed by atoms with Crippen LogP contribution in [0.15, 0.2) is 24.5 Å². The van der Waals surface area contributed by atoms with Crippen LogP contribution in [0.5, 0.6) is 5.75 Å². The molecule has 1 unspecified atom stereocenters. The summed E-state index contributed by atoms with van der Waals surface area (Å²) in [5, 5.41) is 0. The highest BCUT2D eigenvalue weighted by atomic mass is 19.2. The monoisotopic (exact) mass is 422 g/mol. The molecule has 30 heavy (non-hydrogen) atoms. The van der Waals surface area contributed by atoms with Crippen LogP contribution in [0.25, 0.3) is 11.4 Å². The quantitative estimate of drug-likeness (QED) is 0.301. The van der Waals surface area contributed by atoms with Crippen molar-refractivity contribution in [3.63, 3.8) is 0 Å². The van der Waals surface area contributed by atoms with Gasteiger partial charge in [-0.2, -0.15) is 4.39 Å². The minimum atomic E-state index is -1.01. The minimum absolute atomic E-state index is 0.0113. The molecule has 0 aliphatic carbocycles. The second kappa shape index (κ2) is 13.2. The van der Waals surface area contributed by atoms with E-state index in [0.717, 1.165) is 44.1 Å². The Balaban J connectivity index is 1.88. The van der Waals surface area contributed by atoms with E-state index in [0.29, 0.717) is 13.0 Å². The number of benzene rings is 1. The van der Waals surface area contributed by atoms with Crippen LogP contribution in [0.1, 0.15) is 77.2 Å². The lowest BCUT2D eigenvalue weighted by atomic mass is 10.1. The van der Waals surface area contributed by atoms with Gasteiger partial charge in [0.25, 0.3) is 0 Å². The maximum Gasteiger partial charge on any atom is 0.201 e. The third-order valence-corrected chi connectivity index (χ3v) is 5.07. The molecule has 1 atom stereocenters. The molecule has 0 amide bonds. The summed E-state index contributed by atoms with van der Waals surface area (Å²) in [6.45, 7) is 4.09. The maximum atomic E-state index is 14.5. The van der Waals surface area contributed by atoms with Crippen LogP contribution in [-0.4, -0.2) is 22.7 Å². The van der Waals surface area contributed by atoms with Gasteiger partial charge in [-0.15, -0.1) is 0 Å². The molecule has 0 fully saturated rings. The Morgan fingerprint density at radius 2 is 1.60 bits per heavy atom. The molecule has 166 valence electrons. The zero-order valence-corrected chi connectivity index (χ0v) is 18.1. The zero-order chi connectivity index (χ0) is 21.8. The van der Waals surface area contributed by atoms with Crippen molar-refractivity contribution in [2.45, 2.75) is 84.2 Å². The third-order valence-electron chi connectivity index (χ3n) is 5.07. The highest BCUT2D eigenvalue weighted by Gasteiger charge is 2.17. The standard InChI is InChI=1S/C24H33F3N2O/c1-3-4-5-6-7-10-15-30-21-14-13-20(22(26)23(21)27)24-28-16-19(17-29-24)12-9-8-11-18(2)25/h13-14,16-18H,3-12,15H2,1-2H3. The first-order valence-corrected chi connectivity index (χ1v) is 11.1. The summed E-state index contributed by atoms with van der Waals surface area (Å²) in [4.78, 5) is 8.35. The van der Waals surface area contributed by atoms with E-state index in [2.05, 4.69) is 16.9 Å². The Kier molecular flexibility index (Phi) is 10.7. The van der Waals surface area contributed by atoms with Gasteiger partial charge in [-0.25, -0.2) is 18.7 Å². The minimum Gasteiger partial charge on any atom is -0.490 e. The fourth-order valence-electron chi connectivity index (χ4n) is 3.26. The van der Waals surface area contributed by atoms with E-state index in [1.54, 1.807) is 19.3 Å². The number of halogens is 3. The van der Waals surface area contributed by atoms with Crippen molar-refractivity contribution < 1.29 is 17.9 Å². The fraction of sp³-hybridized carbons (Fsp3) is 0.583. The first kappa shape index (κ1) is 24.2. The molecule has 3 nitrogen and oxygen atoms in total. The normalized spacial score (nSPS) is 12.2. The van der Waals surface area contributed by atoms with Crippen molar-refractivity contribution >= 4 is 0 Å². The first-order valence-electron chi connectivity index (χ1n) is 11.1. The molecule has 2 aromatic rings. The van der Waals surface area contributed by atoms with Gasteiger partial charge < -0.3 is 4.74 Å². The number of nitrogens with zero attached hydrogens (tertiary/aromatic N) is 2. The summed E-state index contributed by atoms with van der Waals surface area (Å²) in [6, 6.07) is 2.88. The van der Waals surface area contributed by atoms with E-state index in [-0.39, 0.29) is 17.1 Å². The SMILES string of the molecule is CCCCCCCCOc1ccc(-c2ncc(CCCCC(C)F)cn2)c(F)c1F. The van der Waals surface area contributed by atoms with Crippen LogP contribution >= 0.6 is 0 Å². The van der Waals surface area contributed by atoms with Gasteiger partial charge in [0.05, 0.1) is 18.3 Å². The highest BCUT2D eigenvalue weighted by molar-refractivity contribution is 5.57. The maximum absolute atomic E-state index is 14.5. The lowest BCUT2D eigenvalue weighted by Crippen LogP contribution is -2.03. The van der Waals surface area contributed by atoms with E-state index in [1.807, 2.05) is 0 Å². The van der Waals surface area contributed by atoms with Gasteiger partial charge in [0, 0.05) is 12.4 Å². The number of aromatic nitrogens is 2. The van der Waals surface area contributed by atoms with Crippen LogP contribution in [0, 0.1) is 11.6 Å². The van der Waals surface area contributed by atoms with Crippen molar-refractivity contribution in [2.24, 2.45) is 0 Å². The summed E-state index contributed by atoms with van der Waals surface area (Å²) >= 11 is 0. The van der Waals surface area contributed by atoms with E-state index in [9.17, 15) is 13.2 Å². The predicted octanol–water partition coefficient (Wildman–Crippen LogP) is 7.23. The molecule has 0 aliphatic heterocycles. The molecule has 1 aromatic heterocycles. The van der Waals surface area contributed by atoms with Crippen LogP contribution in [0.2, 0.25) is 0 Å². The van der Waals surface area contributed by atoms with Gasteiger partial charge in [-0.1, -0.05) is 45.4 Å². The number of hydrogen-bond donors (Lipinski definition) is 0. The smallest absolute Gasteiger partial charge is 0.201 e. The Morgan fingerprint density at radius 1 is 0.900 bits per heavy atom. The molecule has 0 bridgehead atoms. The van der Waals surface area contributed by atoms with Gasteiger partial charge in [-0.05, 0) is 50.3 Å².